The maximum absolute atomic E-state index is 14.6. The zero-order valence-electron chi connectivity index (χ0n) is 21.7. The second-order valence-corrected chi connectivity index (χ2v) is 9.80. The van der Waals surface area contributed by atoms with Gasteiger partial charge in [0.15, 0.2) is 5.82 Å². The molecule has 1 amide bonds. The van der Waals surface area contributed by atoms with E-state index in [0.717, 1.165) is 43.2 Å². The van der Waals surface area contributed by atoms with Gasteiger partial charge in [0.2, 0.25) is 5.95 Å². The summed E-state index contributed by atoms with van der Waals surface area (Å²) in [4.78, 5) is 28.2. The molecule has 1 aromatic heterocycles. The van der Waals surface area contributed by atoms with Crippen LogP contribution in [0, 0.1) is 0 Å². The third-order valence-electron chi connectivity index (χ3n) is 6.63. The molecule has 202 valence electrons. The van der Waals surface area contributed by atoms with E-state index >= 15 is 0 Å². The third kappa shape index (κ3) is 6.08. The molecule has 10 nitrogen and oxygen atoms in total. The Balaban J connectivity index is 1.65. The number of amides is 1. The van der Waals surface area contributed by atoms with Crippen LogP contribution in [0.1, 0.15) is 19.4 Å². The van der Waals surface area contributed by atoms with Gasteiger partial charge in [0.25, 0.3) is 5.91 Å². The van der Waals surface area contributed by atoms with Crippen LogP contribution in [0.4, 0.5) is 31.9 Å². The number of carbonyl (C=O) groups is 1. The summed E-state index contributed by atoms with van der Waals surface area (Å²) in [5.41, 5.74) is 1.87. The lowest BCUT2D eigenvalue weighted by molar-refractivity contribution is -0.140. The molecule has 0 radical (unpaired) electrons. The van der Waals surface area contributed by atoms with Crippen LogP contribution >= 0.6 is 0 Å². The van der Waals surface area contributed by atoms with E-state index < -0.39 is 18.4 Å². The average molecular weight is 520 g/mol. The maximum atomic E-state index is 14.6. The van der Waals surface area contributed by atoms with Crippen molar-refractivity contribution >= 4 is 29.0 Å². The highest BCUT2D eigenvalue weighted by Gasteiger charge is 2.47. The van der Waals surface area contributed by atoms with Crippen molar-refractivity contribution in [2.24, 2.45) is 0 Å². The molecule has 0 atom stereocenters. The third-order valence-corrected chi connectivity index (χ3v) is 6.63. The average Bonchev–Trinajstić information content (AvgIpc) is 2.94. The number of ether oxygens (including phenoxy) is 1. The lowest BCUT2D eigenvalue weighted by Crippen LogP contribution is -2.47. The summed E-state index contributed by atoms with van der Waals surface area (Å²) in [6, 6.07) is 5.43. The number of piperazine rings is 1. The van der Waals surface area contributed by atoms with Gasteiger partial charge in [-0.3, -0.25) is 9.69 Å². The molecule has 2 aromatic rings. The van der Waals surface area contributed by atoms with Crippen molar-refractivity contribution in [3.63, 3.8) is 0 Å². The molecule has 1 saturated heterocycles. The van der Waals surface area contributed by atoms with Crippen molar-refractivity contribution in [1.82, 2.24) is 19.8 Å². The predicted octanol–water partition coefficient (Wildman–Crippen LogP) is 2.17. The van der Waals surface area contributed by atoms with E-state index in [0.29, 0.717) is 11.4 Å². The number of carbonyl (C=O) groups excluding carboxylic acids is 1. The van der Waals surface area contributed by atoms with E-state index in [1.807, 2.05) is 18.2 Å². The Labute approximate surface area is 215 Å². The first-order valence-electron chi connectivity index (χ1n) is 12.4. The lowest BCUT2D eigenvalue weighted by Gasteiger charge is -2.32. The summed E-state index contributed by atoms with van der Waals surface area (Å²) in [5.74, 6) is -3.92. The number of likely N-dealkylation sites (N-methyl/N-ethyl adjacent to an activating group) is 1. The molecule has 12 heteroatoms. The van der Waals surface area contributed by atoms with Gasteiger partial charge in [-0.25, -0.2) is 4.98 Å². The fourth-order valence-electron chi connectivity index (χ4n) is 4.45. The van der Waals surface area contributed by atoms with Gasteiger partial charge in [-0.2, -0.15) is 13.8 Å². The number of hydrogen-bond donors (Lipinski definition) is 2. The Morgan fingerprint density at radius 1 is 1.19 bits per heavy atom. The Kier molecular flexibility index (Phi) is 8.10. The highest BCUT2D eigenvalue weighted by atomic mass is 19.3. The largest absolute Gasteiger partial charge is 0.489 e. The van der Waals surface area contributed by atoms with Crippen molar-refractivity contribution in [2.45, 2.75) is 32.4 Å². The van der Waals surface area contributed by atoms with Crippen LogP contribution in [-0.4, -0.2) is 103 Å². The van der Waals surface area contributed by atoms with Gasteiger partial charge in [0.05, 0.1) is 25.0 Å². The Bertz CT molecular complexity index is 1110. The van der Waals surface area contributed by atoms with Gasteiger partial charge in [-0.1, -0.05) is 6.07 Å². The molecule has 0 unspecified atom stereocenters. The number of halogens is 2. The minimum atomic E-state index is -3.56. The van der Waals surface area contributed by atoms with Crippen LogP contribution in [-0.2, 0) is 11.3 Å². The highest BCUT2D eigenvalue weighted by Crippen LogP contribution is 2.37. The molecule has 1 fully saturated rings. The van der Waals surface area contributed by atoms with Crippen LogP contribution in [0.3, 0.4) is 0 Å². The van der Waals surface area contributed by atoms with Crippen LogP contribution in [0.25, 0.3) is 0 Å². The summed E-state index contributed by atoms with van der Waals surface area (Å²) >= 11 is 0. The molecule has 1 aromatic carbocycles. The molecule has 2 N–H and O–H groups in total. The van der Waals surface area contributed by atoms with Gasteiger partial charge in [0.1, 0.15) is 18.0 Å². The van der Waals surface area contributed by atoms with Gasteiger partial charge in [-0.15, -0.1) is 0 Å². The molecule has 0 bridgehead atoms. The molecular weight excluding hydrogens is 484 g/mol. The number of hydrogen-bond acceptors (Lipinski definition) is 9. The van der Waals surface area contributed by atoms with Gasteiger partial charge >= 0.3 is 5.92 Å². The number of aromatic nitrogens is 2. The van der Waals surface area contributed by atoms with Gasteiger partial charge in [-0.05, 0) is 38.6 Å². The minimum Gasteiger partial charge on any atom is -0.489 e. The summed E-state index contributed by atoms with van der Waals surface area (Å²) in [6.45, 7) is 7.45. The number of nitrogens with zero attached hydrogens (tertiary/aromatic N) is 6. The number of alkyl halides is 2. The topological polar surface area (TPSA) is 97.3 Å². The van der Waals surface area contributed by atoms with Crippen molar-refractivity contribution in [3.05, 3.63) is 30.0 Å². The molecule has 2 aliphatic rings. The zero-order valence-corrected chi connectivity index (χ0v) is 21.7. The fraction of sp³-hybridized carbons (Fsp3) is 0.560. The van der Waals surface area contributed by atoms with Crippen LogP contribution in [0.2, 0.25) is 0 Å². The first-order valence-corrected chi connectivity index (χ1v) is 12.4. The zero-order chi connectivity index (χ0) is 26.7. The Morgan fingerprint density at radius 2 is 1.92 bits per heavy atom. The van der Waals surface area contributed by atoms with Gasteiger partial charge < -0.3 is 29.9 Å². The van der Waals surface area contributed by atoms with Crippen LogP contribution in [0.5, 0.6) is 5.75 Å². The Morgan fingerprint density at radius 3 is 2.59 bits per heavy atom. The molecule has 2 aliphatic heterocycles. The van der Waals surface area contributed by atoms with Crippen molar-refractivity contribution < 1.29 is 23.4 Å². The number of anilines is 4. The monoisotopic (exact) mass is 519 g/mol. The number of fused-ring (bicyclic) bond motifs is 1. The van der Waals surface area contributed by atoms with E-state index in [4.69, 9.17) is 4.74 Å². The molecular formula is C25H35F2N7O3. The summed E-state index contributed by atoms with van der Waals surface area (Å²) < 4.78 is 35.0. The quantitative estimate of drug-likeness (QED) is 0.544. The number of aliphatic hydroxyl groups excluding tert-OH is 1. The lowest BCUT2D eigenvalue weighted by atomic mass is 10.1. The van der Waals surface area contributed by atoms with E-state index in [1.165, 1.54) is 18.1 Å². The summed E-state index contributed by atoms with van der Waals surface area (Å²) in [6.07, 6.45) is 1.38. The number of nitrogens with one attached hydrogen (secondary N) is 1. The van der Waals surface area contributed by atoms with Crippen LogP contribution < -0.4 is 19.9 Å². The van der Waals surface area contributed by atoms with Crippen molar-refractivity contribution in [3.8, 4) is 5.75 Å². The molecule has 4 rings (SSSR count). The molecule has 0 saturated carbocycles. The smallest absolute Gasteiger partial charge is 0.342 e. The SMILES string of the molecule is CC(C)N1CC(F)(F)C(=O)N(C)c2cnc(Nc3cc(CN4CCN(C)CC4)ccc3OCCO)nc21. The number of rotatable bonds is 8. The Hall–Kier alpha value is -3.09. The standard InChI is InChI=1S/C25H35F2N7O3/c1-17(2)34-16-25(26,27)23(36)32(4)20-14-28-24(30-22(20)34)29-19-13-18(5-6-21(19)37-12-11-35)15-33-9-7-31(3)8-10-33/h5-6,13-14,17,35H,7-12,15-16H2,1-4H3,(H,28,29,30). The van der Waals surface area contributed by atoms with E-state index in [9.17, 15) is 18.7 Å². The molecule has 37 heavy (non-hydrogen) atoms. The second kappa shape index (κ2) is 11.1. The maximum Gasteiger partial charge on any atom is 0.342 e. The van der Waals surface area contributed by atoms with Crippen molar-refractivity contribution in [1.29, 1.82) is 0 Å². The summed E-state index contributed by atoms with van der Waals surface area (Å²) in [7, 11) is 3.42. The van der Waals surface area contributed by atoms with E-state index in [1.54, 1.807) is 13.8 Å². The highest BCUT2D eigenvalue weighted by molar-refractivity contribution is 6.02. The molecule has 0 aliphatic carbocycles. The fourth-order valence-corrected chi connectivity index (χ4v) is 4.45. The van der Waals surface area contributed by atoms with Crippen LogP contribution in [0.15, 0.2) is 24.4 Å². The molecule has 0 spiro atoms. The number of benzene rings is 1. The van der Waals surface area contributed by atoms with E-state index in [-0.39, 0.29) is 36.7 Å². The second-order valence-electron chi connectivity index (χ2n) is 9.80. The predicted molar refractivity (Wildman–Crippen MR) is 138 cm³/mol. The first-order chi connectivity index (χ1) is 17.6. The van der Waals surface area contributed by atoms with Crippen molar-refractivity contribution in [2.75, 3.05) is 75.1 Å². The minimum absolute atomic E-state index is 0.112. The van der Waals surface area contributed by atoms with Gasteiger partial charge in [0, 0.05) is 45.8 Å². The first kappa shape index (κ1) is 27.0. The molecule has 3 heterocycles. The summed E-state index contributed by atoms with van der Waals surface area (Å²) in [5, 5.41) is 12.4. The normalized spacial score (nSPS) is 18.6. The number of aliphatic hydroxyl groups is 1. The van der Waals surface area contributed by atoms with E-state index in [2.05, 4.69) is 32.1 Å².